The molecule has 0 aromatic heterocycles. The van der Waals surface area contributed by atoms with Crippen molar-refractivity contribution in [2.75, 3.05) is 6.61 Å². The third kappa shape index (κ3) is 8.63. The minimum Gasteiger partial charge on any atom is -0.410 e. The molecule has 0 amide bonds. The van der Waals surface area contributed by atoms with E-state index >= 15 is 0 Å². The number of hydrogen-bond donors (Lipinski definition) is 0. The predicted molar refractivity (Wildman–Crippen MR) is 126 cm³/mol. The lowest BCUT2D eigenvalue weighted by molar-refractivity contribution is 0.0213. The first kappa shape index (κ1) is 26.6. The molecule has 0 aliphatic carbocycles. The lowest BCUT2D eigenvalue weighted by Gasteiger charge is -2.35. The summed E-state index contributed by atoms with van der Waals surface area (Å²) in [4.78, 5) is 0. The second-order valence-corrected chi connectivity index (χ2v) is 14.8. The van der Waals surface area contributed by atoms with Crippen molar-refractivity contribution < 1.29 is 27.3 Å². The van der Waals surface area contributed by atoms with Crippen molar-refractivity contribution in [1.29, 1.82) is 0 Å². The second kappa shape index (κ2) is 9.28. The highest BCUT2D eigenvalue weighted by atomic mass is 31.2. The maximum atomic E-state index is 13.8. The summed E-state index contributed by atoms with van der Waals surface area (Å²) >= 11 is 0. The molecule has 1 aromatic rings. The topological polar surface area (TPSA) is 66.5 Å². The van der Waals surface area contributed by atoms with E-state index in [0.717, 1.165) is 11.1 Å². The highest BCUT2D eigenvalue weighted by Gasteiger charge is 2.41. The van der Waals surface area contributed by atoms with E-state index in [9.17, 15) is 4.57 Å². The Bertz CT molecular complexity index is 780. The first-order valence-electron chi connectivity index (χ1n) is 10.8. The summed E-state index contributed by atoms with van der Waals surface area (Å²) in [5.41, 5.74) is 0.256. The van der Waals surface area contributed by atoms with E-state index in [1.807, 2.05) is 59.7 Å². The maximum Gasteiger partial charge on any atom is 0.531 e. The van der Waals surface area contributed by atoms with Gasteiger partial charge in [-0.1, -0.05) is 26.8 Å². The molecule has 0 spiro atoms. The Morgan fingerprint density at radius 3 is 1.90 bits per heavy atom. The van der Waals surface area contributed by atoms with Gasteiger partial charge in [0.05, 0.1) is 23.9 Å². The number of epoxide rings is 1. The van der Waals surface area contributed by atoms with Crippen molar-refractivity contribution in [2.24, 2.45) is 5.41 Å². The summed E-state index contributed by atoms with van der Waals surface area (Å²) in [6.07, 6.45) is -0.160. The van der Waals surface area contributed by atoms with Crippen LogP contribution in [0.15, 0.2) is 18.2 Å². The number of rotatable bonds is 8. The van der Waals surface area contributed by atoms with Crippen LogP contribution in [-0.4, -0.2) is 26.8 Å². The molecule has 1 radical (unpaired) electrons. The largest absolute Gasteiger partial charge is 0.531 e. The molecular formula is C23H40O6PSi. The first-order valence-corrected chi connectivity index (χ1v) is 14.7. The third-order valence-corrected chi connectivity index (χ3v) is 6.81. The van der Waals surface area contributed by atoms with Gasteiger partial charge in [-0.2, -0.15) is 0 Å². The Morgan fingerprint density at radius 2 is 1.52 bits per heavy atom. The van der Waals surface area contributed by atoms with E-state index in [2.05, 4.69) is 33.9 Å². The van der Waals surface area contributed by atoms with Crippen LogP contribution in [0.25, 0.3) is 0 Å². The molecular weight excluding hydrogens is 431 g/mol. The Balaban J connectivity index is 2.55. The molecule has 0 bridgehead atoms. The summed E-state index contributed by atoms with van der Waals surface area (Å²) in [7, 11) is -4.95. The smallest absolute Gasteiger partial charge is 0.410 e. The Labute approximate surface area is 190 Å². The zero-order valence-corrected chi connectivity index (χ0v) is 22.9. The lowest BCUT2D eigenvalue weighted by Crippen LogP contribution is -2.28. The molecule has 1 fully saturated rings. The van der Waals surface area contributed by atoms with Crippen LogP contribution in [0.5, 0.6) is 5.75 Å². The molecule has 1 saturated heterocycles. The van der Waals surface area contributed by atoms with E-state index in [0.29, 0.717) is 12.4 Å². The quantitative estimate of drug-likeness (QED) is 0.226. The van der Waals surface area contributed by atoms with Gasteiger partial charge in [-0.05, 0) is 77.7 Å². The summed E-state index contributed by atoms with van der Waals surface area (Å²) in [5, 5.41) is 0. The van der Waals surface area contributed by atoms with Crippen molar-refractivity contribution in [2.45, 2.75) is 98.8 Å². The molecule has 2 unspecified atom stereocenters. The van der Waals surface area contributed by atoms with Crippen molar-refractivity contribution in [3.05, 3.63) is 29.3 Å². The van der Waals surface area contributed by atoms with Gasteiger partial charge >= 0.3 is 7.82 Å². The molecule has 1 aliphatic rings. The van der Waals surface area contributed by atoms with Crippen LogP contribution in [0.3, 0.4) is 0 Å². The van der Waals surface area contributed by atoms with Gasteiger partial charge in [0.2, 0.25) is 9.04 Å². The molecule has 1 aromatic carbocycles. The molecule has 2 rings (SSSR count). The van der Waals surface area contributed by atoms with E-state index in [1.165, 1.54) is 0 Å². The summed E-state index contributed by atoms with van der Waals surface area (Å²) in [6, 6.07) is 5.82. The lowest BCUT2D eigenvalue weighted by atomic mass is 9.84. The highest BCUT2D eigenvalue weighted by molar-refractivity contribution is 7.49. The minimum absolute atomic E-state index is 0.0879. The van der Waals surface area contributed by atoms with Crippen LogP contribution in [0.4, 0.5) is 0 Å². The first-order chi connectivity index (χ1) is 13.9. The fourth-order valence-corrected chi connectivity index (χ4v) is 5.90. The summed E-state index contributed by atoms with van der Waals surface area (Å²) < 4.78 is 43.5. The van der Waals surface area contributed by atoms with Crippen molar-refractivity contribution >= 4 is 16.9 Å². The number of phosphoric ester groups is 1. The average molecular weight is 472 g/mol. The Kier molecular flexibility index (Phi) is 7.95. The van der Waals surface area contributed by atoms with Gasteiger partial charge in [0.25, 0.3) is 0 Å². The molecule has 2 atom stereocenters. The van der Waals surface area contributed by atoms with Crippen molar-refractivity contribution in [3.8, 4) is 5.75 Å². The van der Waals surface area contributed by atoms with E-state index in [1.54, 1.807) is 0 Å². The highest BCUT2D eigenvalue weighted by Crippen LogP contribution is 2.57. The molecule has 177 valence electrons. The monoisotopic (exact) mass is 471 g/mol. The summed E-state index contributed by atoms with van der Waals surface area (Å²) in [6.45, 7) is 22.3. The van der Waals surface area contributed by atoms with Gasteiger partial charge in [0.15, 0.2) is 0 Å². The van der Waals surface area contributed by atoms with E-state index in [-0.39, 0.29) is 17.6 Å². The van der Waals surface area contributed by atoms with Gasteiger partial charge in [-0.15, -0.1) is 0 Å². The third-order valence-electron chi connectivity index (χ3n) is 4.14. The zero-order valence-electron chi connectivity index (χ0n) is 21.0. The minimum atomic E-state index is -3.94. The van der Waals surface area contributed by atoms with Crippen LogP contribution in [-0.2, 0) is 22.8 Å². The van der Waals surface area contributed by atoms with Crippen molar-refractivity contribution in [3.63, 3.8) is 0 Å². The molecule has 6 nitrogen and oxygen atoms in total. The second-order valence-electron chi connectivity index (χ2n) is 11.3. The van der Waals surface area contributed by atoms with Gasteiger partial charge in [-0.25, -0.2) is 4.57 Å². The summed E-state index contributed by atoms with van der Waals surface area (Å²) in [5.74, 6) is 0.449. The molecule has 0 N–H and O–H groups in total. The van der Waals surface area contributed by atoms with Crippen LogP contribution in [0.1, 0.15) is 85.6 Å². The number of phosphoric acid groups is 1. The zero-order chi connectivity index (χ0) is 23.8. The van der Waals surface area contributed by atoms with Crippen LogP contribution in [0, 0.1) is 5.41 Å². The Hall–Kier alpha value is -0.693. The van der Waals surface area contributed by atoms with E-state index in [4.69, 9.17) is 22.7 Å². The maximum absolute atomic E-state index is 13.8. The van der Waals surface area contributed by atoms with Gasteiger partial charge < -0.3 is 13.7 Å². The Morgan fingerprint density at radius 1 is 1.00 bits per heavy atom. The standard InChI is InChI=1S/C23H40O6PSi/c1-21(2,3)20(27-31(10)11)17-14-16(19-15-25-19)12-13-18(17)26-30(24,28-22(4,5)6)29-23(7,8)9/h12-14,19-20H,15H2,1-11H3. The van der Waals surface area contributed by atoms with Crippen LogP contribution in [0.2, 0.25) is 13.1 Å². The van der Waals surface area contributed by atoms with Gasteiger partial charge in [-0.3, -0.25) is 9.05 Å². The van der Waals surface area contributed by atoms with Crippen LogP contribution >= 0.6 is 7.82 Å². The average Bonchev–Trinajstić information content (AvgIpc) is 3.32. The normalized spacial score (nSPS) is 18.9. The fourth-order valence-electron chi connectivity index (χ4n) is 3.09. The molecule has 31 heavy (non-hydrogen) atoms. The molecule has 8 heteroatoms. The molecule has 0 saturated carbocycles. The van der Waals surface area contributed by atoms with Crippen molar-refractivity contribution in [1.82, 2.24) is 0 Å². The number of benzene rings is 1. The van der Waals surface area contributed by atoms with E-state index < -0.39 is 28.1 Å². The molecule has 1 aliphatic heterocycles. The number of hydrogen-bond acceptors (Lipinski definition) is 6. The SMILES string of the molecule is C[Si](C)OC(c1cc(C2CO2)ccc1OP(=O)(OC(C)(C)C)OC(C)(C)C)C(C)(C)C. The fraction of sp³-hybridized carbons (Fsp3) is 0.739. The predicted octanol–water partition coefficient (Wildman–Crippen LogP) is 7.23. The number of ether oxygens (including phenoxy) is 1. The van der Waals surface area contributed by atoms with Gasteiger partial charge in [0.1, 0.15) is 11.9 Å². The van der Waals surface area contributed by atoms with Gasteiger partial charge in [0, 0.05) is 5.56 Å². The van der Waals surface area contributed by atoms with Crippen LogP contribution < -0.4 is 4.52 Å². The molecule has 1 heterocycles.